The van der Waals surface area contributed by atoms with Crippen molar-refractivity contribution in [3.63, 3.8) is 0 Å². The number of carbonyl (C=O) groups excluding carboxylic acids is 2. The van der Waals surface area contributed by atoms with Crippen molar-refractivity contribution >= 4 is 17.8 Å². The van der Waals surface area contributed by atoms with Crippen LogP contribution in [0.15, 0.2) is 47.5 Å². The van der Waals surface area contributed by atoms with Gasteiger partial charge in [0.1, 0.15) is 0 Å². The van der Waals surface area contributed by atoms with Crippen LogP contribution in [0.1, 0.15) is 21.5 Å². The number of aliphatic imine (C=N–C) groups is 1. The van der Waals surface area contributed by atoms with Gasteiger partial charge in [-0.15, -0.1) is 0 Å². The Balaban J connectivity index is 1.23. The Labute approximate surface area is 186 Å². The zero-order valence-corrected chi connectivity index (χ0v) is 18.0. The van der Waals surface area contributed by atoms with E-state index in [0.29, 0.717) is 31.2 Å². The summed E-state index contributed by atoms with van der Waals surface area (Å²) in [6.07, 6.45) is 0.822. The van der Waals surface area contributed by atoms with Crippen LogP contribution in [0.5, 0.6) is 11.5 Å². The van der Waals surface area contributed by atoms with Crippen LogP contribution in [-0.2, 0) is 17.8 Å². The zero-order valence-electron chi connectivity index (χ0n) is 18.0. The summed E-state index contributed by atoms with van der Waals surface area (Å²) < 4.78 is 10.8. The van der Waals surface area contributed by atoms with Gasteiger partial charge in [-0.2, -0.15) is 0 Å². The van der Waals surface area contributed by atoms with Crippen LogP contribution in [-0.4, -0.2) is 62.7 Å². The van der Waals surface area contributed by atoms with Crippen LogP contribution in [0, 0.1) is 0 Å². The van der Waals surface area contributed by atoms with Gasteiger partial charge in [0, 0.05) is 38.8 Å². The molecule has 0 saturated carbocycles. The maximum atomic E-state index is 12.6. The summed E-state index contributed by atoms with van der Waals surface area (Å²) in [5.74, 6) is 2.03. The molecule has 0 unspecified atom stereocenters. The molecule has 0 bridgehead atoms. The maximum Gasteiger partial charge on any atom is 0.254 e. The molecule has 4 rings (SSSR count). The van der Waals surface area contributed by atoms with E-state index in [1.54, 1.807) is 24.1 Å². The van der Waals surface area contributed by atoms with Crippen LogP contribution >= 0.6 is 0 Å². The number of benzene rings is 2. The molecule has 9 heteroatoms. The molecule has 32 heavy (non-hydrogen) atoms. The fourth-order valence-electron chi connectivity index (χ4n) is 3.59. The first kappa shape index (κ1) is 21.5. The van der Waals surface area contributed by atoms with Crippen molar-refractivity contribution in [1.82, 2.24) is 20.9 Å². The molecule has 2 aromatic rings. The first-order valence-electron chi connectivity index (χ1n) is 10.6. The maximum absolute atomic E-state index is 12.6. The highest BCUT2D eigenvalue weighted by Crippen LogP contribution is 2.32. The van der Waals surface area contributed by atoms with Gasteiger partial charge in [-0.1, -0.05) is 18.2 Å². The van der Waals surface area contributed by atoms with E-state index in [0.717, 1.165) is 35.6 Å². The first-order chi connectivity index (χ1) is 15.6. The summed E-state index contributed by atoms with van der Waals surface area (Å²) in [5.41, 5.74) is 2.76. The minimum absolute atomic E-state index is 0.108. The molecule has 2 aromatic carbocycles. The number of guanidine groups is 1. The quantitative estimate of drug-likeness (QED) is 0.458. The van der Waals surface area contributed by atoms with Gasteiger partial charge in [0.25, 0.3) is 5.91 Å². The van der Waals surface area contributed by atoms with Crippen molar-refractivity contribution in [2.24, 2.45) is 4.99 Å². The van der Waals surface area contributed by atoms with Crippen molar-refractivity contribution in [2.75, 3.05) is 40.0 Å². The van der Waals surface area contributed by atoms with Gasteiger partial charge in [0.2, 0.25) is 12.7 Å². The van der Waals surface area contributed by atoms with Crippen molar-refractivity contribution in [3.05, 3.63) is 59.2 Å². The van der Waals surface area contributed by atoms with E-state index in [1.807, 2.05) is 30.3 Å². The molecule has 168 valence electrons. The van der Waals surface area contributed by atoms with Crippen molar-refractivity contribution < 1.29 is 19.1 Å². The molecule has 2 heterocycles. The predicted octanol–water partition coefficient (Wildman–Crippen LogP) is 0.895. The second kappa shape index (κ2) is 10.0. The second-order valence-electron chi connectivity index (χ2n) is 7.56. The molecular formula is C23H27N5O4. The highest BCUT2D eigenvalue weighted by molar-refractivity contribution is 5.97. The van der Waals surface area contributed by atoms with Crippen molar-refractivity contribution in [2.45, 2.75) is 13.0 Å². The number of hydrogen-bond donors (Lipinski definition) is 3. The molecule has 0 spiro atoms. The number of ether oxygens (including phenoxy) is 2. The molecule has 2 aliphatic rings. The smallest absolute Gasteiger partial charge is 0.254 e. The van der Waals surface area contributed by atoms with E-state index < -0.39 is 0 Å². The fraction of sp³-hybridized carbons (Fsp3) is 0.348. The van der Waals surface area contributed by atoms with Crippen LogP contribution in [0.25, 0.3) is 0 Å². The van der Waals surface area contributed by atoms with Crippen LogP contribution in [0.3, 0.4) is 0 Å². The highest BCUT2D eigenvalue weighted by atomic mass is 16.7. The van der Waals surface area contributed by atoms with Crippen LogP contribution in [0.2, 0.25) is 0 Å². The summed E-state index contributed by atoms with van der Waals surface area (Å²) in [6.45, 7) is 2.70. The Morgan fingerprint density at radius 2 is 1.88 bits per heavy atom. The van der Waals surface area contributed by atoms with Crippen LogP contribution < -0.4 is 25.4 Å². The fourth-order valence-corrected chi connectivity index (χ4v) is 3.59. The average Bonchev–Trinajstić information content (AvgIpc) is 3.29. The number of nitrogens with zero attached hydrogens (tertiary/aromatic N) is 2. The third-order valence-corrected chi connectivity index (χ3v) is 5.35. The van der Waals surface area contributed by atoms with Gasteiger partial charge in [-0.3, -0.25) is 14.6 Å². The molecule has 1 fully saturated rings. The summed E-state index contributed by atoms with van der Waals surface area (Å²) in [4.78, 5) is 29.9. The molecule has 2 amide bonds. The van der Waals surface area contributed by atoms with Crippen LogP contribution in [0.4, 0.5) is 0 Å². The van der Waals surface area contributed by atoms with Crippen molar-refractivity contribution in [1.29, 1.82) is 0 Å². The molecule has 3 N–H and O–H groups in total. The Morgan fingerprint density at radius 1 is 1.09 bits per heavy atom. The van der Waals surface area contributed by atoms with Gasteiger partial charge < -0.3 is 30.3 Å². The molecule has 0 radical (unpaired) electrons. The van der Waals surface area contributed by atoms with Gasteiger partial charge in [0.05, 0.1) is 6.54 Å². The Kier molecular flexibility index (Phi) is 6.74. The van der Waals surface area contributed by atoms with Gasteiger partial charge in [-0.25, -0.2) is 0 Å². The van der Waals surface area contributed by atoms with E-state index in [2.05, 4.69) is 20.9 Å². The average molecular weight is 438 g/mol. The molecule has 0 aliphatic carbocycles. The molecule has 9 nitrogen and oxygen atoms in total. The lowest BCUT2D eigenvalue weighted by molar-refractivity contribution is -0.123. The summed E-state index contributed by atoms with van der Waals surface area (Å²) >= 11 is 0. The lowest BCUT2D eigenvalue weighted by Crippen LogP contribution is -2.49. The second-order valence-corrected chi connectivity index (χ2v) is 7.56. The number of amides is 2. The minimum Gasteiger partial charge on any atom is -0.454 e. The minimum atomic E-state index is -0.125. The number of nitrogens with one attached hydrogen (secondary N) is 3. The van der Waals surface area contributed by atoms with Crippen molar-refractivity contribution in [3.8, 4) is 11.5 Å². The van der Waals surface area contributed by atoms with Gasteiger partial charge >= 0.3 is 0 Å². The standard InChI is InChI=1S/C23H27N5O4/c1-24-23(26-9-8-16-4-7-19-20(12-16)32-15-31-19)27-13-17-2-5-18(6-3-17)22(30)28-11-10-25-21(29)14-28/h2-7,12H,8-11,13-15H2,1H3,(H,25,29)(H2,24,26,27). The van der Waals surface area contributed by atoms with E-state index in [-0.39, 0.29) is 25.2 Å². The van der Waals surface area contributed by atoms with Gasteiger partial charge in [0.15, 0.2) is 17.5 Å². The van der Waals surface area contributed by atoms with E-state index in [9.17, 15) is 9.59 Å². The first-order valence-corrected chi connectivity index (χ1v) is 10.6. The third kappa shape index (κ3) is 5.29. The van der Waals surface area contributed by atoms with E-state index >= 15 is 0 Å². The number of carbonyl (C=O) groups is 2. The lowest BCUT2D eigenvalue weighted by atomic mass is 10.1. The third-order valence-electron chi connectivity index (χ3n) is 5.35. The molecule has 0 aromatic heterocycles. The summed E-state index contributed by atoms with van der Waals surface area (Å²) in [6, 6.07) is 13.4. The summed E-state index contributed by atoms with van der Waals surface area (Å²) in [5, 5.41) is 9.30. The normalized spacial score (nSPS) is 15.3. The summed E-state index contributed by atoms with van der Waals surface area (Å²) in [7, 11) is 1.73. The van der Waals surface area contributed by atoms with E-state index in [1.165, 1.54) is 0 Å². The number of piperazine rings is 1. The Hall–Kier alpha value is -3.75. The van der Waals surface area contributed by atoms with E-state index in [4.69, 9.17) is 9.47 Å². The Morgan fingerprint density at radius 3 is 2.66 bits per heavy atom. The Bertz CT molecular complexity index is 1010. The lowest BCUT2D eigenvalue weighted by Gasteiger charge is -2.26. The zero-order chi connectivity index (χ0) is 22.3. The molecule has 0 atom stereocenters. The molecule has 1 saturated heterocycles. The predicted molar refractivity (Wildman–Crippen MR) is 120 cm³/mol. The largest absolute Gasteiger partial charge is 0.454 e. The number of fused-ring (bicyclic) bond motifs is 1. The molecular weight excluding hydrogens is 410 g/mol. The number of rotatable bonds is 6. The monoisotopic (exact) mass is 437 g/mol. The van der Waals surface area contributed by atoms with Gasteiger partial charge in [-0.05, 0) is 41.8 Å². The number of hydrogen-bond acceptors (Lipinski definition) is 5. The molecule has 2 aliphatic heterocycles. The highest BCUT2D eigenvalue weighted by Gasteiger charge is 2.22. The topological polar surface area (TPSA) is 104 Å². The SMILES string of the molecule is CN=C(NCCc1ccc2c(c1)OCO2)NCc1ccc(C(=O)N2CCNC(=O)C2)cc1.